The van der Waals surface area contributed by atoms with Crippen molar-refractivity contribution in [2.24, 2.45) is 0 Å². The number of piperidine rings is 1. The molecule has 1 heterocycles. The number of hydrogen-bond donors (Lipinski definition) is 1. The molecule has 0 saturated carbocycles. The number of hydrogen-bond acceptors (Lipinski definition) is 4. The van der Waals surface area contributed by atoms with Crippen LogP contribution in [0.15, 0.2) is 47.4 Å². The molecule has 0 bridgehead atoms. The van der Waals surface area contributed by atoms with Crippen LogP contribution in [0.4, 0.5) is 11.4 Å². The molecule has 1 aliphatic rings. The predicted molar refractivity (Wildman–Crippen MR) is 101 cm³/mol. The van der Waals surface area contributed by atoms with E-state index in [0.29, 0.717) is 35.1 Å². The van der Waals surface area contributed by atoms with E-state index >= 15 is 0 Å². The van der Waals surface area contributed by atoms with E-state index in [4.69, 9.17) is 16.3 Å². The van der Waals surface area contributed by atoms with E-state index in [-0.39, 0.29) is 10.8 Å². The van der Waals surface area contributed by atoms with Crippen LogP contribution in [-0.4, -0.2) is 28.0 Å². The molecule has 8 heteroatoms. The highest BCUT2D eigenvalue weighted by Gasteiger charge is 2.23. The molecule has 1 fully saturated rings. The van der Waals surface area contributed by atoms with Crippen molar-refractivity contribution in [1.29, 1.82) is 0 Å². The van der Waals surface area contributed by atoms with Crippen molar-refractivity contribution >= 4 is 38.9 Å². The minimum Gasteiger partial charge on any atom is -0.494 e. The van der Waals surface area contributed by atoms with Crippen LogP contribution in [-0.2, 0) is 14.8 Å². The van der Waals surface area contributed by atoms with Gasteiger partial charge < -0.3 is 9.64 Å². The van der Waals surface area contributed by atoms with Crippen molar-refractivity contribution in [2.45, 2.75) is 24.2 Å². The average molecular weight is 395 g/mol. The predicted octanol–water partition coefficient (Wildman–Crippen LogP) is 3.67. The average Bonchev–Trinajstić information content (AvgIpc) is 2.62. The first-order valence-corrected chi connectivity index (χ1v) is 10.0. The monoisotopic (exact) mass is 394 g/mol. The number of halogens is 1. The molecule has 26 heavy (non-hydrogen) atoms. The van der Waals surface area contributed by atoms with Gasteiger partial charge in [-0.1, -0.05) is 11.6 Å². The van der Waals surface area contributed by atoms with Crippen molar-refractivity contribution in [3.05, 3.63) is 47.5 Å². The quantitative estimate of drug-likeness (QED) is 0.839. The van der Waals surface area contributed by atoms with Gasteiger partial charge in [0.2, 0.25) is 5.91 Å². The Balaban J connectivity index is 1.87. The zero-order chi connectivity index (χ0) is 18.7. The lowest BCUT2D eigenvalue weighted by atomic mass is 10.1. The van der Waals surface area contributed by atoms with E-state index < -0.39 is 10.0 Å². The Morgan fingerprint density at radius 1 is 1.12 bits per heavy atom. The maximum atomic E-state index is 12.5. The standard InChI is InChI=1S/C18H19ClN2O4S/c1-25-17-12-14(7-10-16(17)21-11-3-2-4-18(21)22)20-26(23,24)15-8-5-13(19)6-9-15/h5-10,12,20H,2-4,11H2,1H3. The molecule has 1 saturated heterocycles. The second-order valence-electron chi connectivity index (χ2n) is 5.95. The Bertz CT molecular complexity index is 913. The first-order valence-electron chi connectivity index (χ1n) is 8.17. The minimum atomic E-state index is -3.75. The molecular weight excluding hydrogens is 376 g/mol. The van der Waals surface area contributed by atoms with E-state index in [9.17, 15) is 13.2 Å². The van der Waals surface area contributed by atoms with E-state index in [2.05, 4.69) is 4.72 Å². The molecule has 138 valence electrons. The van der Waals surface area contributed by atoms with Gasteiger partial charge in [0.1, 0.15) is 5.75 Å². The molecule has 0 aliphatic carbocycles. The van der Waals surface area contributed by atoms with Crippen LogP contribution in [0.1, 0.15) is 19.3 Å². The molecule has 3 rings (SSSR count). The number of sulfonamides is 1. The molecule has 6 nitrogen and oxygen atoms in total. The van der Waals surface area contributed by atoms with Gasteiger partial charge in [-0.2, -0.15) is 0 Å². The van der Waals surface area contributed by atoms with Crippen LogP contribution in [0.5, 0.6) is 5.75 Å². The lowest BCUT2D eigenvalue weighted by Crippen LogP contribution is -2.35. The van der Waals surface area contributed by atoms with Gasteiger partial charge in [-0.3, -0.25) is 9.52 Å². The Hall–Kier alpha value is -2.25. The smallest absolute Gasteiger partial charge is 0.261 e. The highest BCUT2D eigenvalue weighted by atomic mass is 35.5. The lowest BCUT2D eigenvalue weighted by Gasteiger charge is -2.28. The Morgan fingerprint density at radius 2 is 1.85 bits per heavy atom. The molecule has 2 aromatic carbocycles. The fourth-order valence-corrected chi connectivity index (χ4v) is 4.03. The number of nitrogens with zero attached hydrogens (tertiary/aromatic N) is 1. The number of carbonyl (C=O) groups is 1. The summed E-state index contributed by atoms with van der Waals surface area (Å²) in [6, 6.07) is 10.8. The number of rotatable bonds is 5. The molecule has 1 amide bonds. The summed E-state index contributed by atoms with van der Waals surface area (Å²) in [6.45, 7) is 0.630. The molecule has 0 spiro atoms. The summed E-state index contributed by atoms with van der Waals surface area (Å²) < 4.78 is 32.9. The third-order valence-electron chi connectivity index (χ3n) is 4.17. The van der Waals surface area contributed by atoms with Gasteiger partial charge >= 0.3 is 0 Å². The van der Waals surface area contributed by atoms with Crippen molar-refractivity contribution in [3.8, 4) is 5.75 Å². The van der Waals surface area contributed by atoms with Crippen LogP contribution >= 0.6 is 11.6 Å². The largest absolute Gasteiger partial charge is 0.494 e. The summed E-state index contributed by atoms with van der Waals surface area (Å²) in [6.07, 6.45) is 2.32. The van der Waals surface area contributed by atoms with Crippen molar-refractivity contribution < 1.29 is 17.9 Å². The topological polar surface area (TPSA) is 75.7 Å². The molecule has 0 atom stereocenters. The zero-order valence-electron chi connectivity index (χ0n) is 14.2. The van der Waals surface area contributed by atoms with Crippen molar-refractivity contribution in [3.63, 3.8) is 0 Å². The van der Waals surface area contributed by atoms with Gasteiger partial charge in [0.05, 0.1) is 23.4 Å². The highest BCUT2D eigenvalue weighted by Crippen LogP contribution is 2.34. The molecule has 0 radical (unpaired) electrons. The summed E-state index contributed by atoms with van der Waals surface area (Å²) in [5, 5.41) is 0.459. The van der Waals surface area contributed by atoms with Gasteiger partial charge in [-0.25, -0.2) is 8.42 Å². The molecule has 1 aliphatic heterocycles. The minimum absolute atomic E-state index is 0.0454. The number of benzene rings is 2. The fourth-order valence-electron chi connectivity index (χ4n) is 2.85. The van der Waals surface area contributed by atoms with Gasteiger partial charge in [0.15, 0.2) is 0 Å². The lowest BCUT2D eigenvalue weighted by molar-refractivity contribution is -0.119. The van der Waals surface area contributed by atoms with E-state index in [1.165, 1.54) is 31.4 Å². The summed E-state index contributed by atoms with van der Waals surface area (Å²) in [5.41, 5.74) is 0.997. The third kappa shape index (κ3) is 3.94. The molecule has 0 unspecified atom stereocenters. The Morgan fingerprint density at radius 3 is 2.50 bits per heavy atom. The maximum Gasteiger partial charge on any atom is 0.261 e. The molecule has 0 aromatic heterocycles. The molecular formula is C18H19ClN2O4S. The van der Waals surface area contributed by atoms with Crippen molar-refractivity contribution in [2.75, 3.05) is 23.3 Å². The first kappa shape index (κ1) is 18.5. The van der Waals surface area contributed by atoms with Gasteiger partial charge in [0.25, 0.3) is 10.0 Å². The highest BCUT2D eigenvalue weighted by molar-refractivity contribution is 7.92. The van der Waals surface area contributed by atoms with Crippen molar-refractivity contribution in [1.82, 2.24) is 0 Å². The van der Waals surface area contributed by atoms with Crippen LogP contribution in [0.2, 0.25) is 5.02 Å². The first-order chi connectivity index (χ1) is 12.4. The van der Waals surface area contributed by atoms with Gasteiger partial charge in [0, 0.05) is 24.1 Å². The summed E-state index contributed by atoms with van der Waals surface area (Å²) >= 11 is 5.80. The second-order valence-corrected chi connectivity index (χ2v) is 8.07. The van der Waals surface area contributed by atoms with Crippen LogP contribution in [0, 0.1) is 0 Å². The summed E-state index contributed by atoms with van der Waals surface area (Å²) in [4.78, 5) is 13.9. The Kier molecular flexibility index (Phi) is 5.38. The fraction of sp³-hybridized carbons (Fsp3) is 0.278. The SMILES string of the molecule is COc1cc(NS(=O)(=O)c2ccc(Cl)cc2)ccc1N1CCCCC1=O. The number of amides is 1. The number of methoxy groups -OCH3 is 1. The molecule has 1 N–H and O–H groups in total. The van der Waals surface area contributed by atoms with Gasteiger partial charge in [-0.05, 0) is 49.2 Å². The van der Waals surface area contributed by atoms with E-state index in [1.807, 2.05) is 0 Å². The van der Waals surface area contributed by atoms with Crippen LogP contribution in [0.3, 0.4) is 0 Å². The van der Waals surface area contributed by atoms with Gasteiger partial charge in [-0.15, -0.1) is 0 Å². The van der Waals surface area contributed by atoms with Crippen LogP contribution in [0.25, 0.3) is 0 Å². The number of ether oxygens (including phenoxy) is 1. The summed E-state index contributed by atoms with van der Waals surface area (Å²) in [7, 11) is -2.26. The van der Waals surface area contributed by atoms with E-state index in [1.54, 1.807) is 23.1 Å². The number of carbonyl (C=O) groups excluding carboxylic acids is 1. The summed E-state index contributed by atoms with van der Waals surface area (Å²) in [5.74, 6) is 0.487. The number of nitrogens with one attached hydrogen (secondary N) is 1. The normalized spacial score (nSPS) is 15.0. The second kappa shape index (κ2) is 7.55. The van der Waals surface area contributed by atoms with E-state index in [0.717, 1.165) is 12.8 Å². The molecule has 2 aromatic rings. The third-order valence-corrected chi connectivity index (χ3v) is 5.82. The zero-order valence-corrected chi connectivity index (χ0v) is 15.8. The maximum absolute atomic E-state index is 12.5. The number of anilines is 2. The Labute approximate surface area is 157 Å². The van der Waals surface area contributed by atoms with Crippen LogP contribution < -0.4 is 14.4 Å².